The maximum atomic E-state index is 11.8. The van der Waals surface area contributed by atoms with Crippen molar-refractivity contribution in [2.75, 3.05) is 5.73 Å². The van der Waals surface area contributed by atoms with Crippen molar-refractivity contribution in [1.82, 2.24) is 0 Å². The van der Waals surface area contributed by atoms with Crippen LogP contribution in [0.4, 0.5) is 5.69 Å². The van der Waals surface area contributed by atoms with Crippen LogP contribution in [0.2, 0.25) is 0 Å². The van der Waals surface area contributed by atoms with E-state index in [0.29, 0.717) is 11.3 Å². The van der Waals surface area contributed by atoms with Gasteiger partial charge < -0.3 is 10.5 Å². The van der Waals surface area contributed by atoms with Gasteiger partial charge in [0.2, 0.25) is 0 Å². The first-order chi connectivity index (χ1) is 8.66. The second-order valence-electron chi connectivity index (χ2n) is 3.79. The van der Waals surface area contributed by atoms with Crippen molar-refractivity contribution < 1.29 is 9.53 Å². The summed E-state index contributed by atoms with van der Waals surface area (Å²) in [6.07, 6.45) is 0. The molecule has 0 radical (unpaired) electrons. The molecule has 0 aromatic heterocycles. The lowest BCUT2D eigenvalue weighted by molar-refractivity contribution is 0.0472. The second-order valence-corrected chi connectivity index (χ2v) is 4.64. The molecule has 2 aromatic carbocycles. The summed E-state index contributed by atoms with van der Waals surface area (Å²) >= 11 is 3.40. The molecule has 3 nitrogen and oxygen atoms in total. The topological polar surface area (TPSA) is 52.3 Å². The molecular weight excluding hydrogens is 294 g/mol. The highest BCUT2D eigenvalue weighted by Crippen LogP contribution is 2.17. The molecule has 0 fully saturated rings. The van der Waals surface area contributed by atoms with Crippen LogP contribution in [-0.2, 0) is 11.3 Å². The van der Waals surface area contributed by atoms with E-state index < -0.39 is 0 Å². The minimum absolute atomic E-state index is 0.241. The maximum absolute atomic E-state index is 11.8. The molecule has 2 rings (SSSR count). The molecule has 0 heterocycles. The summed E-state index contributed by atoms with van der Waals surface area (Å²) in [5.41, 5.74) is 7.60. The Morgan fingerprint density at radius 1 is 1.11 bits per heavy atom. The van der Waals surface area contributed by atoms with Gasteiger partial charge in [0.05, 0.1) is 5.56 Å². The lowest BCUT2D eigenvalue weighted by Crippen LogP contribution is -2.05. The van der Waals surface area contributed by atoms with Crippen molar-refractivity contribution >= 4 is 27.6 Å². The van der Waals surface area contributed by atoms with Gasteiger partial charge in [0.1, 0.15) is 6.61 Å². The number of rotatable bonds is 3. The zero-order valence-corrected chi connectivity index (χ0v) is 11.2. The highest BCUT2D eigenvalue weighted by atomic mass is 79.9. The monoisotopic (exact) mass is 305 g/mol. The first kappa shape index (κ1) is 12.6. The molecule has 92 valence electrons. The van der Waals surface area contributed by atoms with E-state index >= 15 is 0 Å². The zero-order chi connectivity index (χ0) is 13.0. The van der Waals surface area contributed by atoms with Gasteiger partial charge in [-0.3, -0.25) is 0 Å². The molecule has 0 saturated heterocycles. The quantitative estimate of drug-likeness (QED) is 0.698. The molecular formula is C14H12BrNO2. The van der Waals surface area contributed by atoms with Crippen LogP contribution in [0.15, 0.2) is 53.0 Å². The van der Waals surface area contributed by atoms with Gasteiger partial charge in [-0.25, -0.2) is 4.79 Å². The van der Waals surface area contributed by atoms with Crippen LogP contribution in [0, 0.1) is 0 Å². The third kappa shape index (κ3) is 3.11. The van der Waals surface area contributed by atoms with Crippen molar-refractivity contribution in [3.05, 3.63) is 64.1 Å². The van der Waals surface area contributed by atoms with Gasteiger partial charge in [-0.05, 0) is 30.3 Å². The van der Waals surface area contributed by atoms with Crippen LogP contribution >= 0.6 is 15.9 Å². The van der Waals surface area contributed by atoms with Gasteiger partial charge in [0.15, 0.2) is 0 Å². The first-order valence-electron chi connectivity index (χ1n) is 5.43. The molecule has 0 amide bonds. The number of esters is 1. The molecule has 0 aliphatic rings. The number of nitrogen functional groups attached to an aromatic ring is 1. The van der Waals surface area contributed by atoms with Crippen LogP contribution in [0.1, 0.15) is 15.9 Å². The zero-order valence-electron chi connectivity index (χ0n) is 9.60. The van der Waals surface area contributed by atoms with Crippen molar-refractivity contribution in [1.29, 1.82) is 0 Å². The SMILES string of the molecule is Nc1ccc(C(=O)OCc2ccccc2Br)cc1. The third-order valence-electron chi connectivity index (χ3n) is 2.46. The van der Waals surface area contributed by atoms with Crippen LogP contribution < -0.4 is 5.73 Å². The molecule has 2 aromatic rings. The lowest BCUT2D eigenvalue weighted by atomic mass is 10.2. The van der Waals surface area contributed by atoms with E-state index in [1.165, 1.54) is 0 Å². The number of carbonyl (C=O) groups excluding carboxylic acids is 1. The first-order valence-corrected chi connectivity index (χ1v) is 6.22. The fraction of sp³-hybridized carbons (Fsp3) is 0.0714. The van der Waals surface area contributed by atoms with Crippen molar-refractivity contribution in [2.45, 2.75) is 6.61 Å². The standard InChI is InChI=1S/C14H12BrNO2/c15-13-4-2-1-3-11(13)9-18-14(17)10-5-7-12(16)8-6-10/h1-8H,9,16H2. The summed E-state index contributed by atoms with van der Waals surface area (Å²) in [5.74, 6) is -0.356. The molecule has 0 unspecified atom stereocenters. The van der Waals surface area contributed by atoms with Crippen molar-refractivity contribution in [3.8, 4) is 0 Å². The Morgan fingerprint density at radius 3 is 2.44 bits per heavy atom. The fourth-order valence-corrected chi connectivity index (χ4v) is 1.86. The predicted octanol–water partition coefficient (Wildman–Crippen LogP) is 3.39. The van der Waals surface area contributed by atoms with E-state index in [1.54, 1.807) is 24.3 Å². The van der Waals surface area contributed by atoms with Gasteiger partial charge in [0.25, 0.3) is 0 Å². The Balaban J connectivity index is 2.01. The van der Waals surface area contributed by atoms with Crippen LogP contribution in [0.5, 0.6) is 0 Å². The lowest BCUT2D eigenvalue weighted by Gasteiger charge is -2.06. The summed E-state index contributed by atoms with van der Waals surface area (Å²) in [6.45, 7) is 0.241. The fourth-order valence-electron chi connectivity index (χ4n) is 1.46. The van der Waals surface area contributed by atoms with Gasteiger partial charge in [-0.15, -0.1) is 0 Å². The highest BCUT2D eigenvalue weighted by molar-refractivity contribution is 9.10. The number of benzene rings is 2. The number of hydrogen-bond acceptors (Lipinski definition) is 3. The molecule has 0 saturated carbocycles. The maximum Gasteiger partial charge on any atom is 0.338 e. The summed E-state index contributed by atoms with van der Waals surface area (Å²) in [7, 11) is 0. The molecule has 0 aliphatic heterocycles. The second kappa shape index (κ2) is 5.69. The summed E-state index contributed by atoms with van der Waals surface area (Å²) in [4.78, 5) is 11.8. The number of anilines is 1. The van der Waals surface area contributed by atoms with Crippen LogP contribution in [-0.4, -0.2) is 5.97 Å². The van der Waals surface area contributed by atoms with E-state index in [2.05, 4.69) is 15.9 Å². The number of halogens is 1. The molecule has 0 atom stereocenters. The molecule has 18 heavy (non-hydrogen) atoms. The Labute approximate surface area is 114 Å². The average Bonchev–Trinajstić information content (AvgIpc) is 2.38. The van der Waals surface area contributed by atoms with Crippen LogP contribution in [0.3, 0.4) is 0 Å². The van der Waals surface area contributed by atoms with Crippen LogP contribution in [0.25, 0.3) is 0 Å². The van der Waals surface area contributed by atoms with Gasteiger partial charge >= 0.3 is 5.97 Å². The Morgan fingerprint density at radius 2 is 1.78 bits per heavy atom. The van der Waals surface area contributed by atoms with Crippen molar-refractivity contribution in [2.24, 2.45) is 0 Å². The summed E-state index contributed by atoms with van der Waals surface area (Å²) < 4.78 is 6.15. The summed E-state index contributed by atoms with van der Waals surface area (Å²) in [5, 5.41) is 0. The number of carbonyl (C=O) groups is 1. The van der Waals surface area contributed by atoms with E-state index in [0.717, 1.165) is 10.0 Å². The average molecular weight is 306 g/mol. The molecule has 0 spiro atoms. The molecule has 0 aliphatic carbocycles. The van der Waals surface area contributed by atoms with Gasteiger partial charge in [-0.1, -0.05) is 34.1 Å². The van der Waals surface area contributed by atoms with Gasteiger partial charge in [0, 0.05) is 15.7 Å². The summed E-state index contributed by atoms with van der Waals surface area (Å²) in [6, 6.07) is 14.3. The van der Waals surface area contributed by atoms with E-state index in [4.69, 9.17) is 10.5 Å². The van der Waals surface area contributed by atoms with Gasteiger partial charge in [-0.2, -0.15) is 0 Å². The molecule has 4 heteroatoms. The Hall–Kier alpha value is -1.81. The van der Waals surface area contributed by atoms with E-state index in [9.17, 15) is 4.79 Å². The largest absolute Gasteiger partial charge is 0.457 e. The van der Waals surface area contributed by atoms with E-state index in [-0.39, 0.29) is 12.6 Å². The Bertz CT molecular complexity index is 552. The normalized spacial score (nSPS) is 10.1. The number of nitrogens with two attached hydrogens (primary N) is 1. The van der Waals surface area contributed by atoms with E-state index in [1.807, 2.05) is 24.3 Å². The minimum atomic E-state index is -0.356. The molecule has 0 bridgehead atoms. The highest BCUT2D eigenvalue weighted by Gasteiger charge is 2.07. The number of hydrogen-bond donors (Lipinski definition) is 1. The van der Waals surface area contributed by atoms with Crippen molar-refractivity contribution in [3.63, 3.8) is 0 Å². The molecule has 2 N–H and O–H groups in total. The smallest absolute Gasteiger partial charge is 0.338 e. The minimum Gasteiger partial charge on any atom is -0.457 e. The third-order valence-corrected chi connectivity index (χ3v) is 3.24. The predicted molar refractivity (Wildman–Crippen MR) is 74.1 cm³/mol. The number of ether oxygens (including phenoxy) is 1. The Kier molecular flexibility index (Phi) is 3.99.